The Morgan fingerprint density at radius 3 is 2.71 bits per heavy atom. The lowest BCUT2D eigenvalue weighted by molar-refractivity contribution is -0.132. The molecule has 10 heteroatoms. The molecule has 10 nitrogen and oxygen atoms in total. The number of nitrogens with zero attached hydrogens (tertiary/aromatic N) is 6. The topological polar surface area (TPSA) is 124 Å². The molecule has 1 amide bonds. The number of anilines is 2. The van der Waals surface area contributed by atoms with E-state index in [4.69, 9.17) is 15.5 Å². The standard InChI is InChI=1S/C25H36N8O2/c1-4-6-10-27-24-23-19(30-25(26)31-24)15-29-33(23)16-20-21(35-3)13-18(14-28-20)17-8-11-32(12-9-17)22(34)7-5-2/h13-15,17H,4-12,16H2,1-3H3,(H3,26,27,30,31). The summed E-state index contributed by atoms with van der Waals surface area (Å²) < 4.78 is 7.56. The zero-order chi connectivity index (χ0) is 24.8. The van der Waals surface area contributed by atoms with Crippen molar-refractivity contribution in [1.82, 2.24) is 29.6 Å². The Labute approximate surface area is 206 Å². The summed E-state index contributed by atoms with van der Waals surface area (Å²) in [6, 6.07) is 2.08. The minimum absolute atomic E-state index is 0.221. The van der Waals surface area contributed by atoms with Crippen molar-refractivity contribution in [3.05, 3.63) is 29.7 Å². The van der Waals surface area contributed by atoms with Gasteiger partial charge in [-0.05, 0) is 43.2 Å². The zero-order valence-corrected chi connectivity index (χ0v) is 21.0. The molecule has 3 N–H and O–H groups in total. The Bertz CT molecular complexity index is 1150. The van der Waals surface area contributed by atoms with Gasteiger partial charge < -0.3 is 20.7 Å². The van der Waals surface area contributed by atoms with E-state index in [0.29, 0.717) is 30.2 Å². The molecule has 4 rings (SSSR count). The number of rotatable bonds is 10. The van der Waals surface area contributed by atoms with Crippen molar-refractivity contribution in [3.63, 3.8) is 0 Å². The number of carbonyl (C=O) groups excluding carboxylic acids is 1. The SMILES string of the molecule is CCCCNc1nc(N)nc2cnn(Cc3ncc(C4CCN(C(=O)CCC)CC4)cc3OC)c12. The van der Waals surface area contributed by atoms with E-state index < -0.39 is 0 Å². The highest BCUT2D eigenvalue weighted by atomic mass is 16.5. The van der Waals surface area contributed by atoms with Gasteiger partial charge in [-0.3, -0.25) is 14.5 Å². The third kappa shape index (κ3) is 5.63. The molecule has 0 unspecified atom stereocenters. The second kappa shape index (κ2) is 11.3. The molecule has 0 bridgehead atoms. The number of pyridine rings is 1. The number of hydrogen-bond donors (Lipinski definition) is 2. The first-order valence-electron chi connectivity index (χ1n) is 12.6. The minimum atomic E-state index is 0.221. The van der Waals surface area contributed by atoms with Crippen LogP contribution in [0, 0.1) is 0 Å². The molecule has 0 saturated carbocycles. The maximum absolute atomic E-state index is 12.2. The first-order chi connectivity index (χ1) is 17.0. The van der Waals surface area contributed by atoms with Crippen LogP contribution in [0.5, 0.6) is 5.75 Å². The molecule has 3 aromatic heterocycles. The monoisotopic (exact) mass is 480 g/mol. The van der Waals surface area contributed by atoms with Crippen LogP contribution in [0.1, 0.15) is 69.5 Å². The summed E-state index contributed by atoms with van der Waals surface area (Å²) in [4.78, 5) is 27.7. The third-order valence-electron chi connectivity index (χ3n) is 6.58. The van der Waals surface area contributed by atoms with Crippen molar-refractivity contribution in [3.8, 4) is 5.75 Å². The summed E-state index contributed by atoms with van der Waals surface area (Å²) in [6.07, 6.45) is 9.15. The number of nitrogens with one attached hydrogen (secondary N) is 1. The van der Waals surface area contributed by atoms with Crippen LogP contribution in [0.3, 0.4) is 0 Å². The second-order valence-electron chi connectivity index (χ2n) is 9.07. The van der Waals surface area contributed by atoms with Gasteiger partial charge in [0, 0.05) is 32.3 Å². The number of piperidine rings is 1. The molecule has 0 radical (unpaired) electrons. The Morgan fingerprint density at radius 1 is 1.20 bits per heavy atom. The summed E-state index contributed by atoms with van der Waals surface area (Å²) >= 11 is 0. The molecule has 0 aliphatic carbocycles. The first-order valence-corrected chi connectivity index (χ1v) is 12.6. The average molecular weight is 481 g/mol. The lowest BCUT2D eigenvalue weighted by atomic mass is 9.90. The van der Waals surface area contributed by atoms with Gasteiger partial charge in [0.25, 0.3) is 0 Å². The summed E-state index contributed by atoms with van der Waals surface area (Å²) in [7, 11) is 1.67. The summed E-state index contributed by atoms with van der Waals surface area (Å²) in [5.74, 6) is 2.26. The van der Waals surface area contributed by atoms with Gasteiger partial charge in [-0.2, -0.15) is 10.1 Å². The first kappa shape index (κ1) is 24.7. The number of unbranched alkanes of at least 4 members (excludes halogenated alkanes) is 1. The van der Waals surface area contributed by atoms with E-state index in [1.54, 1.807) is 13.3 Å². The van der Waals surface area contributed by atoms with Crippen LogP contribution in [-0.4, -0.2) is 62.3 Å². The molecular weight excluding hydrogens is 444 g/mol. The third-order valence-corrected chi connectivity index (χ3v) is 6.58. The highest BCUT2D eigenvalue weighted by molar-refractivity contribution is 5.86. The number of amides is 1. The quantitative estimate of drug-likeness (QED) is 0.422. The number of ether oxygens (including phenoxy) is 1. The van der Waals surface area contributed by atoms with E-state index in [0.717, 1.165) is 74.3 Å². The smallest absolute Gasteiger partial charge is 0.222 e. The molecule has 0 spiro atoms. The van der Waals surface area contributed by atoms with E-state index in [1.165, 1.54) is 0 Å². The van der Waals surface area contributed by atoms with Crippen molar-refractivity contribution < 1.29 is 9.53 Å². The van der Waals surface area contributed by atoms with Crippen LogP contribution in [0.2, 0.25) is 0 Å². The van der Waals surface area contributed by atoms with E-state index >= 15 is 0 Å². The molecular formula is C25H36N8O2. The van der Waals surface area contributed by atoms with Crippen LogP contribution >= 0.6 is 0 Å². The number of nitrogens with two attached hydrogens (primary N) is 1. The predicted molar refractivity (Wildman–Crippen MR) is 136 cm³/mol. The minimum Gasteiger partial charge on any atom is -0.495 e. The number of likely N-dealkylation sites (tertiary alicyclic amines) is 1. The van der Waals surface area contributed by atoms with Crippen molar-refractivity contribution in [2.24, 2.45) is 0 Å². The van der Waals surface area contributed by atoms with Crippen LogP contribution < -0.4 is 15.8 Å². The van der Waals surface area contributed by atoms with Gasteiger partial charge in [-0.25, -0.2) is 4.98 Å². The zero-order valence-electron chi connectivity index (χ0n) is 21.0. The number of aromatic nitrogens is 5. The van der Waals surface area contributed by atoms with Gasteiger partial charge in [0.1, 0.15) is 22.5 Å². The van der Waals surface area contributed by atoms with E-state index in [2.05, 4.69) is 33.4 Å². The number of nitrogen functional groups attached to an aromatic ring is 1. The molecule has 0 aromatic carbocycles. The molecule has 0 atom stereocenters. The normalized spacial score (nSPS) is 14.4. The largest absolute Gasteiger partial charge is 0.495 e. The average Bonchev–Trinajstić information content (AvgIpc) is 3.27. The van der Waals surface area contributed by atoms with Crippen molar-refractivity contribution >= 4 is 28.7 Å². The van der Waals surface area contributed by atoms with Crippen molar-refractivity contribution in [1.29, 1.82) is 0 Å². The number of fused-ring (bicyclic) bond motifs is 1. The number of carbonyl (C=O) groups is 1. The predicted octanol–water partition coefficient (Wildman–Crippen LogP) is 3.58. The lowest BCUT2D eigenvalue weighted by Gasteiger charge is -2.32. The fourth-order valence-electron chi connectivity index (χ4n) is 4.63. The Hall–Kier alpha value is -3.43. The molecule has 35 heavy (non-hydrogen) atoms. The molecule has 4 heterocycles. The molecule has 3 aromatic rings. The molecule has 188 valence electrons. The highest BCUT2D eigenvalue weighted by Crippen LogP contribution is 2.32. The van der Waals surface area contributed by atoms with Crippen LogP contribution in [0.15, 0.2) is 18.5 Å². The summed E-state index contributed by atoms with van der Waals surface area (Å²) in [5.41, 5.74) is 9.34. The molecule has 1 aliphatic rings. The number of methoxy groups -OCH3 is 1. The van der Waals surface area contributed by atoms with Gasteiger partial charge in [0.05, 0.1) is 19.9 Å². The fraction of sp³-hybridized carbons (Fsp3) is 0.560. The Morgan fingerprint density at radius 2 is 2.00 bits per heavy atom. The maximum Gasteiger partial charge on any atom is 0.222 e. The van der Waals surface area contributed by atoms with Crippen LogP contribution in [-0.2, 0) is 11.3 Å². The van der Waals surface area contributed by atoms with Crippen molar-refractivity contribution in [2.45, 2.75) is 64.8 Å². The molecule has 1 saturated heterocycles. The molecule has 1 fully saturated rings. The maximum atomic E-state index is 12.2. The van der Waals surface area contributed by atoms with Gasteiger partial charge in [0.2, 0.25) is 11.9 Å². The van der Waals surface area contributed by atoms with E-state index in [-0.39, 0.29) is 11.9 Å². The van der Waals surface area contributed by atoms with Gasteiger partial charge in [-0.1, -0.05) is 20.3 Å². The van der Waals surface area contributed by atoms with Crippen LogP contribution in [0.4, 0.5) is 11.8 Å². The second-order valence-corrected chi connectivity index (χ2v) is 9.07. The summed E-state index contributed by atoms with van der Waals surface area (Å²) in [5, 5.41) is 7.90. The fourth-order valence-corrected chi connectivity index (χ4v) is 4.63. The van der Waals surface area contributed by atoms with E-state index in [9.17, 15) is 4.79 Å². The highest BCUT2D eigenvalue weighted by Gasteiger charge is 2.24. The van der Waals surface area contributed by atoms with E-state index in [1.807, 2.05) is 22.7 Å². The Balaban J connectivity index is 1.52. The Kier molecular flexibility index (Phi) is 7.99. The van der Waals surface area contributed by atoms with Gasteiger partial charge in [0.15, 0.2) is 5.82 Å². The number of hydrogen-bond acceptors (Lipinski definition) is 8. The van der Waals surface area contributed by atoms with Gasteiger partial charge in [-0.15, -0.1) is 0 Å². The van der Waals surface area contributed by atoms with Gasteiger partial charge >= 0.3 is 0 Å². The molecule has 1 aliphatic heterocycles. The lowest BCUT2D eigenvalue weighted by Crippen LogP contribution is -2.37. The van der Waals surface area contributed by atoms with Crippen LogP contribution in [0.25, 0.3) is 11.0 Å². The van der Waals surface area contributed by atoms with Crippen molar-refractivity contribution in [2.75, 3.05) is 37.8 Å². The summed E-state index contributed by atoms with van der Waals surface area (Å²) in [6.45, 7) is 7.00.